The van der Waals surface area contributed by atoms with E-state index in [1.54, 1.807) is 0 Å². The fourth-order valence-corrected chi connectivity index (χ4v) is 1.96. The van der Waals surface area contributed by atoms with Gasteiger partial charge in [-0.25, -0.2) is 0 Å². The van der Waals surface area contributed by atoms with E-state index in [0.29, 0.717) is 6.61 Å². The number of aryl methyl sites for hydroxylation is 1. The lowest BCUT2D eigenvalue weighted by molar-refractivity contribution is 0.305. The van der Waals surface area contributed by atoms with Crippen LogP contribution in [0.2, 0.25) is 0 Å². The molecule has 2 N–H and O–H groups in total. The van der Waals surface area contributed by atoms with Crippen molar-refractivity contribution >= 4 is 0 Å². The third kappa shape index (κ3) is 4.38. The Morgan fingerprint density at radius 2 is 1.89 bits per heavy atom. The average molecular weight is 256 g/mol. The molecule has 0 aliphatic rings. The largest absolute Gasteiger partial charge is 0.489 e. The summed E-state index contributed by atoms with van der Waals surface area (Å²) in [5.74, 6) is 0.870. The van der Waals surface area contributed by atoms with E-state index in [1.165, 1.54) is 5.56 Å². The summed E-state index contributed by atoms with van der Waals surface area (Å²) in [6.45, 7) is 4.58. The van der Waals surface area contributed by atoms with Crippen molar-refractivity contribution in [3.05, 3.63) is 59.4 Å². The van der Waals surface area contributed by atoms with Crippen LogP contribution in [0.1, 0.15) is 23.6 Å². The van der Waals surface area contributed by atoms with Crippen molar-refractivity contribution in [1.29, 1.82) is 0 Å². The highest BCUT2D eigenvalue weighted by Crippen LogP contribution is 2.15. The van der Waals surface area contributed by atoms with E-state index in [4.69, 9.17) is 10.5 Å². The molecule has 0 radical (unpaired) electrons. The van der Waals surface area contributed by atoms with Crippen molar-refractivity contribution < 1.29 is 4.74 Å². The highest BCUT2D eigenvalue weighted by atomic mass is 16.5. The lowest BCUT2D eigenvalue weighted by Gasteiger charge is -2.09. The molecule has 0 saturated heterocycles. The van der Waals surface area contributed by atoms with Gasteiger partial charge in [0, 0.05) is 24.0 Å². The fraction of sp³-hybridized carbons (Fsp3) is 0.312. The molecule has 1 aromatic heterocycles. The van der Waals surface area contributed by atoms with E-state index in [1.807, 2.05) is 38.4 Å². The van der Waals surface area contributed by atoms with Crippen LogP contribution < -0.4 is 10.5 Å². The van der Waals surface area contributed by atoms with Gasteiger partial charge >= 0.3 is 0 Å². The lowest BCUT2D eigenvalue weighted by atomic mass is 10.1. The van der Waals surface area contributed by atoms with E-state index >= 15 is 0 Å². The van der Waals surface area contributed by atoms with E-state index in [2.05, 4.69) is 23.2 Å². The maximum Gasteiger partial charge on any atom is 0.119 e. The Hall–Kier alpha value is -1.87. The molecular formula is C16H20N2O. The summed E-state index contributed by atoms with van der Waals surface area (Å²) in [4.78, 5) is 4.15. The molecule has 3 heteroatoms. The molecule has 2 rings (SSSR count). The van der Waals surface area contributed by atoms with E-state index < -0.39 is 0 Å². The molecule has 2 aromatic rings. The Bertz CT molecular complexity index is 521. The third-order valence-electron chi connectivity index (χ3n) is 2.82. The molecule has 1 heterocycles. The van der Waals surface area contributed by atoms with Gasteiger partial charge in [0.15, 0.2) is 0 Å². The number of hydrogen-bond acceptors (Lipinski definition) is 3. The molecule has 0 saturated carbocycles. The molecule has 19 heavy (non-hydrogen) atoms. The molecule has 1 atom stereocenters. The van der Waals surface area contributed by atoms with Crippen LogP contribution in [0, 0.1) is 6.92 Å². The zero-order valence-corrected chi connectivity index (χ0v) is 11.5. The van der Waals surface area contributed by atoms with Crippen molar-refractivity contribution in [3.8, 4) is 5.75 Å². The number of pyridine rings is 1. The number of benzene rings is 1. The summed E-state index contributed by atoms with van der Waals surface area (Å²) >= 11 is 0. The number of aromatic nitrogens is 1. The Morgan fingerprint density at radius 3 is 2.53 bits per heavy atom. The van der Waals surface area contributed by atoms with Crippen molar-refractivity contribution in [2.75, 3.05) is 0 Å². The number of hydrogen-bond donors (Lipinski definition) is 1. The summed E-state index contributed by atoms with van der Waals surface area (Å²) in [5, 5.41) is 0. The molecule has 0 spiro atoms. The van der Waals surface area contributed by atoms with Crippen LogP contribution in [0.4, 0.5) is 0 Å². The topological polar surface area (TPSA) is 48.1 Å². The second-order valence-corrected chi connectivity index (χ2v) is 4.98. The summed E-state index contributed by atoms with van der Waals surface area (Å²) in [7, 11) is 0. The van der Waals surface area contributed by atoms with Crippen molar-refractivity contribution in [1.82, 2.24) is 4.98 Å². The smallest absolute Gasteiger partial charge is 0.119 e. The van der Waals surface area contributed by atoms with Gasteiger partial charge in [-0.05, 0) is 49.6 Å². The number of rotatable bonds is 5. The summed E-state index contributed by atoms with van der Waals surface area (Å²) < 4.78 is 5.74. The van der Waals surface area contributed by atoms with Gasteiger partial charge in [-0.15, -0.1) is 0 Å². The molecule has 0 bridgehead atoms. The second-order valence-electron chi connectivity index (χ2n) is 4.98. The van der Waals surface area contributed by atoms with Gasteiger partial charge in [-0.3, -0.25) is 4.98 Å². The SMILES string of the molecule is Cc1cncc(COc2ccc(CC(C)N)cc2)c1. The monoisotopic (exact) mass is 256 g/mol. The van der Waals surface area contributed by atoms with Crippen LogP contribution in [-0.4, -0.2) is 11.0 Å². The Balaban J connectivity index is 1.93. The van der Waals surface area contributed by atoms with Gasteiger partial charge < -0.3 is 10.5 Å². The first kappa shape index (κ1) is 13.6. The first-order valence-electron chi connectivity index (χ1n) is 6.51. The van der Waals surface area contributed by atoms with Crippen LogP contribution in [0.15, 0.2) is 42.7 Å². The molecule has 0 aliphatic heterocycles. The minimum absolute atomic E-state index is 0.185. The standard InChI is InChI=1S/C16H20N2O/c1-12-7-15(10-18-9-12)11-19-16-5-3-14(4-6-16)8-13(2)17/h3-7,9-10,13H,8,11,17H2,1-2H3. The van der Waals surface area contributed by atoms with E-state index in [9.17, 15) is 0 Å². The number of nitrogens with zero attached hydrogens (tertiary/aromatic N) is 1. The van der Waals surface area contributed by atoms with Crippen LogP contribution in [0.25, 0.3) is 0 Å². The molecule has 0 aliphatic carbocycles. The fourth-order valence-electron chi connectivity index (χ4n) is 1.96. The molecule has 3 nitrogen and oxygen atoms in total. The highest BCUT2D eigenvalue weighted by Gasteiger charge is 2.00. The van der Waals surface area contributed by atoms with Gasteiger partial charge in [-0.1, -0.05) is 12.1 Å². The van der Waals surface area contributed by atoms with Gasteiger partial charge in [0.25, 0.3) is 0 Å². The van der Waals surface area contributed by atoms with Crippen LogP contribution in [0.3, 0.4) is 0 Å². The normalized spacial score (nSPS) is 12.2. The number of nitrogens with two attached hydrogens (primary N) is 1. The molecule has 0 amide bonds. The molecular weight excluding hydrogens is 236 g/mol. The zero-order valence-electron chi connectivity index (χ0n) is 11.5. The summed E-state index contributed by atoms with van der Waals surface area (Å²) in [5.41, 5.74) is 9.24. The highest BCUT2D eigenvalue weighted by molar-refractivity contribution is 5.28. The quantitative estimate of drug-likeness (QED) is 0.894. The predicted octanol–water partition coefficient (Wildman–Crippen LogP) is 2.86. The number of ether oxygens (including phenoxy) is 1. The van der Waals surface area contributed by atoms with Crippen LogP contribution in [-0.2, 0) is 13.0 Å². The lowest BCUT2D eigenvalue weighted by Crippen LogP contribution is -2.17. The van der Waals surface area contributed by atoms with Gasteiger partial charge in [0.1, 0.15) is 12.4 Å². The molecule has 1 aromatic carbocycles. The van der Waals surface area contributed by atoms with Gasteiger partial charge in [-0.2, -0.15) is 0 Å². The zero-order chi connectivity index (χ0) is 13.7. The predicted molar refractivity (Wildman–Crippen MR) is 77.1 cm³/mol. The summed E-state index contributed by atoms with van der Waals surface area (Å²) in [6.07, 6.45) is 4.56. The minimum Gasteiger partial charge on any atom is -0.489 e. The van der Waals surface area contributed by atoms with Gasteiger partial charge in [0.2, 0.25) is 0 Å². The van der Waals surface area contributed by atoms with Crippen LogP contribution >= 0.6 is 0 Å². The maximum absolute atomic E-state index is 5.77. The minimum atomic E-state index is 0.185. The van der Waals surface area contributed by atoms with Gasteiger partial charge in [0.05, 0.1) is 0 Å². The first-order chi connectivity index (χ1) is 9.13. The van der Waals surface area contributed by atoms with Crippen molar-refractivity contribution in [2.45, 2.75) is 32.9 Å². The third-order valence-corrected chi connectivity index (χ3v) is 2.82. The average Bonchev–Trinajstić information content (AvgIpc) is 2.37. The maximum atomic E-state index is 5.77. The summed E-state index contributed by atoms with van der Waals surface area (Å²) in [6, 6.07) is 10.4. The Kier molecular flexibility index (Phi) is 4.53. The molecule has 100 valence electrons. The van der Waals surface area contributed by atoms with Crippen LogP contribution in [0.5, 0.6) is 5.75 Å². The second kappa shape index (κ2) is 6.34. The van der Waals surface area contributed by atoms with E-state index in [-0.39, 0.29) is 6.04 Å². The van der Waals surface area contributed by atoms with E-state index in [0.717, 1.165) is 23.3 Å². The Morgan fingerprint density at radius 1 is 1.16 bits per heavy atom. The molecule has 0 fully saturated rings. The molecule has 1 unspecified atom stereocenters. The van der Waals surface area contributed by atoms with Crippen molar-refractivity contribution in [3.63, 3.8) is 0 Å². The first-order valence-corrected chi connectivity index (χ1v) is 6.51. The van der Waals surface area contributed by atoms with Crippen molar-refractivity contribution in [2.24, 2.45) is 5.73 Å². The Labute approximate surface area is 114 Å².